The normalized spacial score (nSPS) is 12.8. The van der Waals surface area contributed by atoms with Gasteiger partial charge >= 0.3 is 0 Å². The minimum absolute atomic E-state index is 0.319. The number of rotatable bonds is 4. The Morgan fingerprint density at radius 3 is 2.50 bits per heavy atom. The number of fused-ring (bicyclic) bond motifs is 1. The molecular weight excluding hydrogens is 250 g/mol. The summed E-state index contributed by atoms with van der Waals surface area (Å²) in [6.45, 7) is 5.61. The Kier molecular flexibility index (Phi) is 3.50. The van der Waals surface area contributed by atoms with Gasteiger partial charge in [-0.1, -0.05) is 30.3 Å². The molecule has 3 nitrogen and oxygen atoms in total. The lowest BCUT2D eigenvalue weighted by Crippen LogP contribution is -2.30. The topological polar surface area (TPSA) is 21.7 Å². The van der Waals surface area contributed by atoms with Gasteiger partial charge in [0.1, 0.15) is 0 Å². The average molecular weight is 269 g/mol. The lowest BCUT2D eigenvalue weighted by Gasteiger charge is -2.29. The Morgan fingerprint density at radius 2 is 1.75 bits per heavy atom. The van der Waals surface area contributed by atoms with E-state index in [-0.39, 0.29) is 0 Å². The molecule has 2 aromatic carbocycles. The largest absolute Gasteiger partial charge is 0.454 e. The van der Waals surface area contributed by atoms with Crippen molar-refractivity contribution in [2.45, 2.75) is 26.4 Å². The molecule has 0 aliphatic carbocycles. The van der Waals surface area contributed by atoms with Gasteiger partial charge < -0.3 is 14.4 Å². The molecule has 1 aliphatic heterocycles. The standard InChI is InChI=1S/C17H19NO2/c1-13(2)18(11-14-6-4-3-5-7-14)15-8-9-16-17(10-15)20-12-19-16/h3-10,13H,11-12H2,1-2H3. The van der Waals surface area contributed by atoms with Crippen LogP contribution in [-0.4, -0.2) is 12.8 Å². The highest BCUT2D eigenvalue weighted by Gasteiger charge is 2.17. The van der Waals surface area contributed by atoms with Gasteiger partial charge in [-0.2, -0.15) is 0 Å². The van der Waals surface area contributed by atoms with Crippen LogP contribution in [0.5, 0.6) is 11.5 Å². The Bertz CT molecular complexity index is 581. The van der Waals surface area contributed by atoms with Gasteiger partial charge in [0.15, 0.2) is 11.5 Å². The van der Waals surface area contributed by atoms with Crippen LogP contribution >= 0.6 is 0 Å². The monoisotopic (exact) mass is 269 g/mol. The minimum Gasteiger partial charge on any atom is -0.454 e. The van der Waals surface area contributed by atoms with Crippen LogP contribution in [0, 0.1) is 0 Å². The van der Waals surface area contributed by atoms with Crippen LogP contribution in [0.25, 0.3) is 0 Å². The fraction of sp³-hybridized carbons (Fsp3) is 0.294. The summed E-state index contributed by atoms with van der Waals surface area (Å²) in [6, 6.07) is 17.1. The van der Waals surface area contributed by atoms with E-state index in [0.29, 0.717) is 12.8 Å². The van der Waals surface area contributed by atoms with E-state index >= 15 is 0 Å². The maximum absolute atomic E-state index is 5.47. The first-order valence-electron chi connectivity index (χ1n) is 6.94. The molecule has 0 atom stereocenters. The van der Waals surface area contributed by atoms with E-state index in [1.807, 2.05) is 12.1 Å². The van der Waals surface area contributed by atoms with Crippen molar-refractivity contribution in [3.05, 3.63) is 54.1 Å². The molecule has 0 saturated heterocycles. The molecule has 3 rings (SSSR count). The number of hydrogen-bond acceptors (Lipinski definition) is 3. The number of anilines is 1. The summed E-state index contributed by atoms with van der Waals surface area (Å²) in [6.07, 6.45) is 0. The first-order valence-corrected chi connectivity index (χ1v) is 6.94. The summed E-state index contributed by atoms with van der Waals surface area (Å²) in [7, 11) is 0. The van der Waals surface area contributed by atoms with Gasteiger partial charge in [-0.15, -0.1) is 0 Å². The van der Waals surface area contributed by atoms with Crippen LogP contribution in [-0.2, 0) is 6.54 Å². The van der Waals surface area contributed by atoms with E-state index in [0.717, 1.165) is 23.7 Å². The average Bonchev–Trinajstić information content (AvgIpc) is 2.93. The van der Waals surface area contributed by atoms with Crippen LogP contribution in [0.15, 0.2) is 48.5 Å². The van der Waals surface area contributed by atoms with E-state index in [1.54, 1.807) is 0 Å². The van der Waals surface area contributed by atoms with E-state index < -0.39 is 0 Å². The van der Waals surface area contributed by atoms with Crippen molar-refractivity contribution >= 4 is 5.69 Å². The van der Waals surface area contributed by atoms with Crippen molar-refractivity contribution in [1.82, 2.24) is 0 Å². The zero-order chi connectivity index (χ0) is 13.9. The van der Waals surface area contributed by atoms with Gasteiger partial charge in [0, 0.05) is 24.3 Å². The predicted molar refractivity (Wildman–Crippen MR) is 80.3 cm³/mol. The second kappa shape index (κ2) is 5.45. The maximum Gasteiger partial charge on any atom is 0.231 e. The van der Waals surface area contributed by atoms with Gasteiger partial charge in [-0.05, 0) is 31.5 Å². The quantitative estimate of drug-likeness (QED) is 0.842. The number of ether oxygens (including phenoxy) is 2. The molecular formula is C17H19NO2. The Hall–Kier alpha value is -2.16. The third-order valence-electron chi connectivity index (χ3n) is 3.51. The first-order chi connectivity index (χ1) is 9.74. The summed E-state index contributed by atoms with van der Waals surface area (Å²) >= 11 is 0. The molecule has 3 heteroatoms. The predicted octanol–water partition coefficient (Wildman–Crippen LogP) is 3.83. The number of nitrogens with zero attached hydrogens (tertiary/aromatic N) is 1. The van der Waals surface area contributed by atoms with Crippen molar-refractivity contribution in [2.75, 3.05) is 11.7 Å². The Balaban J connectivity index is 1.87. The van der Waals surface area contributed by atoms with E-state index in [2.05, 4.69) is 55.1 Å². The highest BCUT2D eigenvalue weighted by Crippen LogP contribution is 2.36. The van der Waals surface area contributed by atoms with Gasteiger partial charge in [0.05, 0.1) is 0 Å². The molecule has 104 valence electrons. The van der Waals surface area contributed by atoms with Crippen molar-refractivity contribution in [3.8, 4) is 11.5 Å². The highest BCUT2D eigenvalue weighted by molar-refractivity contribution is 5.57. The Morgan fingerprint density at radius 1 is 1.00 bits per heavy atom. The van der Waals surface area contributed by atoms with Gasteiger partial charge in [0.2, 0.25) is 6.79 Å². The molecule has 0 fully saturated rings. The Labute approximate surface area is 119 Å². The third kappa shape index (κ3) is 2.57. The van der Waals surface area contributed by atoms with Gasteiger partial charge in [-0.3, -0.25) is 0 Å². The zero-order valence-corrected chi connectivity index (χ0v) is 11.9. The van der Waals surface area contributed by atoms with Crippen LogP contribution in [0.4, 0.5) is 5.69 Å². The van der Waals surface area contributed by atoms with Crippen molar-refractivity contribution in [1.29, 1.82) is 0 Å². The first kappa shape index (κ1) is 12.9. The van der Waals surface area contributed by atoms with Crippen molar-refractivity contribution < 1.29 is 9.47 Å². The second-order valence-corrected chi connectivity index (χ2v) is 5.24. The fourth-order valence-electron chi connectivity index (χ4n) is 2.42. The van der Waals surface area contributed by atoms with Gasteiger partial charge in [0.25, 0.3) is 0 Å². The van der Waals surface area contributed by atoms with Crippen LogP contribution in [0.2, 0.25) is 0 Å². The zero-order valence-electron chi connectivity index (χ0n) is 11.9. The molecule has 2 aromatic rings. The van der Waals surface area contributed by atoms with E-state index in [4.69, 9.17) is 9.47 Å². The maximum atomic E-state index is 5.47. The molecule has 0 radical (unpaired) electrons. The lowest BCUT2D eigenvalue weighted by molar-refractivity contribution is 0.174. The smallest absolute Gasteiger partial charge is 0.231 e. The summed E-state index contributed by atoms with van der Waals surface area (Å²) in [4.78, 5) is 2.36. The van der Waals surface area contributed by atoms with Crippen molar-refractivity contribution in [2.24, 2.45) is 0 Å². The SMILES string of the molecule is CC(C)N(Cc1ccccc1)c1ccc2c(c1)OCO2. The minimum atomic E-state index is 0.319. The molecule has 20 heavy (non-hydrogen) atoms. The number of hydrogen-bond donors (Lipinski definition) is 0. The second-order valence-electron chi connectivity index (χ2n) is 5.24. The molecule has 1 aliphatic rings. The molecule has 0 amide bonds. The van der Waals surface area contributed by atoms with E-state index in [9.17, 15) is 0 Å². The molecule has 0 N–H and O–H groups in total. The third-order valence-corrected chi connectivity index (χ3v) is 3.51. The molecule has 0 aromatic heterocycles. The highest BCUT2D eigenvalue weighted by atomic mass is 16.7. The molecule has 0 bridgehead atoms. The molecule has 1 heterocycles. The molecule has 0 spiro atoms. The van der Waals surface area contributed by atoms with Crippen LogP contribution in [0.3, 0.4) is 0 Å². The van der Waals surface area contributed by atoms with Crippen LogP contribution < -0.4 is 14.4 Å². The molecule has 0 saturated carbocycles. The molecule has 0 unspecified atom stereocenters. The fourth-order valence-corrected chi connectivity index (χ4v) is 2.42. The summed E-state index contributed by atoms with van der Waals surface area (Å²) < 4.78 is 10.8. The number of benzene rings is 2. The summed E-state index contributed by atoms with van der Waals surface area (Å²) in [5, 5.41) is 0. The van der Waals surface area contributed by atoms with Crippen LogP contribution in [0.1, 0.15) is 19.4 Å². The van der Waals surface area contributed by atoms with Gasteiger partial charge in [-0.25, -0.2) is 0 Å². The summed E-state index contributed by atoms with van der Waals surface area (Å²) in [5.41, 5.74) is 2.46. The van der Waals surface area contributed by atoms with E-state index in [1.165, 1.54) is 5.56 Å². The lowest BCUT2D eigenvalue weighted by atomic mass is 10.1. The van der Waals surface area contributed by atoms with Crippen molar-refractivity contribution in [3.63, 3.8) is 0 Å². The summed E-state index contributed by atoms with van der Waals surface area (Å²) in [5.74, 6) is 1.67.